The number of aromatic nitrogens is 2. The van der Waals surface area contributed by atoms with E-state index >= 15 is 0 Å². The van der Waals surface area contributed by atoms with E-state index in [9.17, 15) is 4.79 Å². The standard InChI is InChI=1S/C14H13ClN4O/c15-14-17-7-6-11(18-14)19-9-8-16-13(20)12(19)10-4-2-1-3-5-10/h1-7,12H,8-9H2,(H,16,20). The molecule has 1 N–H and O–H groups in total. The van der Waals surface area contributed by atoms with Crippen LogP contribution in [0, 0.1) is 0 Å². The fraction of sp³-hybridized carbons (Fsp3) is 0.214. The van der Waals surface area contributed by atoms with Gasteiger partial charge in [-0.15, -0.1) is 0 Å². The highest BCUT2D eigenvalue weighted by Crippen LogP contribution is 2.27. The molecule has 0 bridgehead atoms. The molecule has 1 saturated heterocycles. The van der Waals surface area contributed by atoms with Gasteiger partial charge in [0.1, 0.15) is 11.9 Å². The predicted octanol–water partition coefficient (Wildman–Crippen LogP) is 1.81. The van der Waals surface area contributed by atoms with Crippen LogP contribution in [0.25, 0.3) is 0 Å². The Balaban J connectivity index is 2.01. The van der Waals surface area contributed by atoms with Gasteiger partial charge in [0, 0.05) is 19.3 Å². The maximum atomic E-state index is 12.2. The lowest BCUT2D eigenvalue weighted by Gasteiger charge is -2.36. The molecule has 1 aromatic carbocycles. The third kappa shape index (κ3) is 2.44. The van der Waals surface area contributed by atoms with Crippen LogP contribution < -0.4 is 10.2 Å². The Morgan fingerprint density at radius 2 is 2.05 bits per heavy atom. The Bertz CT molecular complexity index is 620. The van der Waals surface area contributed by atoms with Crippen LogP contribution in [0.5, 0.6) is 0 Å². The first-order chi connectivity index (χ1) is 9.75. The van der Waals surface area contributed by atoms with E-state index < -0.39 is 6.04 Å². The molecule has 5 nitrogen and oxygen atoms in total. The van der Waals surface area contributed by atoms with E-state index in [1.54, 1.807) is 12.3 Å². The zero-order valence-electron chi connectivity index (χ0n) is 10.7. The molecule has 2 heterocycles. The van der Waals surface area contributed by atoms with Gasteiger partial charge >= 0.3 is 0 Å². The second kappa shape index (κ2) is 5.46. The molecule has 1 aliphatic heterocycles. The number of hydrogen-bond acceptors (Lipinski definition) is 4. The maximum Gasteiger partial charge on any atom is 0.247 e. The number of nitrogens with one attached hydrogen (secondary N) is 1. The van der Waals surface area contributed by atoms with Gasteiger partial charge in [0.15, 0.2) is 0 Å². The highest BCUT2D eigenvalue weighted by Gasteiger charge is 2.31. The molecule has 1 amide bonds. The number of anilines is 1. The molecule has 3 rings (SSSR count). The van der Waals surface area contributed by atoms with Gasteiger partial charge in [-0.2, -0.15) is 0 Å². The van der Waals surface area contributed by atoms with Gasteiger partial charge in [0.25, 0.3) is 0 Å². The molecule has 0 radical (unpaired) electrons. The third-order valence-electron chi connectivity index (χ3n) is 3.23. The quantitative estimate of drug-likeness (QED) is 0.856. The van der Waals surface area contributed by atoms with E-state index in [0.29, 0.717) is 18.9 Å². The molecule has 6 heteroatoms. The molecule has 1 atom stereocenters. The van der Waals surface area contributed by atoms with Crippen molar-refractivity contribution in [1.29, 1.82) is 0 Å². The zero-order chi connectivity index (χ0) is 13.9. The number of piperazine rings is 1. The van der Waals surface area contributed by atoms with Gasteiger partial charge in [0.05, 0.1) is 0 Å². The largest absolute Gasteiger partial charge is 0.352 e. The number of hydrogen-bond donors (Lipinski definition) is 1. The van der Waals surface area contributed by atoms with Crippen molar-refractivity contribution in [3.63, 3.8) is 0 Å². The van der Waals surface area contributed by atoms with Crippen LogP contribution in [-0.2, 0) is 4.79 Å². The molecule has 0 aliphatic carbocycles. The monoisotopic (exact) mass is 288 g/mol. The normalized spacial score (nSPS) is 18.8. The number of rotatable bonds is 2. The molecule has 0 spiro atoms. The average molecular weight is 289 g/mol. The minimum atomic E-state index is -0.393. The topological polar surface area (TPSA) is 58.1 Å². The molecule has 1 fully saturated rings. The van der Waals surface area contributed by atoms with E-state index in [2.05, 4.69) is 15.3 Å². The lowest BCUT2D eigenvalue weighted by Crippen LogP contribution is -2.50. The summed E-state index contributed by atoms with van der Waals surface area (Å²) in [5.74, 6) is 0.630. The summed E-state index contributed by atoms with van der Waals surface area (Å²) in [6, 6.07) is 11.0. The van der Waals surface area contributed by atoms with Crippen molar-refractivity contribution in [1.82, 2.24) is 15.3 Å². The van der Waals surface area contributed by atoms with Gasteiger partial charge in [-0.05, 0) is 23.2 Å². The highest BCUT2D eigenvalue weighted by atomic mass is 35.5. The molecule has 0 saturated carbocycles. The first-order valence-electron chi connectivity index (χ1n) is 6.33. The van der Waals surface area contributed by atoms with Crippen LogP contribution in [0.2, 0.25) is 5.28 Å². The molecule has 102 valence electrons. The van der Waals surface area contributed by atoms with Crippen molar-refractivity contribution < 1.29 is 4.79 Å². The zero-order valence-corrected chi connectivity index (χ0v) is 11.4. The lowest BCUT2D eigenvalue weighted by atomic mass is 10.0. The van der Waals surface area contributed by atoms with Crippen molar-refractivity contribution in [3.05, 3.63) is 53.4 Å². The molecule has 2 aromatic rings. The van der Waals surface area contributed by atoms with E-state index in [-0.39, 0.29) is 11.2 Å². The molecule has 1 unspecified atom stereocenters. The van der Waals surface area contributed by atoms with Crippen molar-refractivity contribution in [2.45, 2.75) is 6.04 Å². The number of benzene rings is 1. The van der Waals surface area contributed by atoms with Gasteiger partial charge in [-0.1, -0.05) is 30.3 Å². The summed E-state index contributed by atoms with van der Waals surface area (Å²) in [4.78, 5) is 22.3. The van der Waals surface area contributed by atoms with Crippen molar-refractivity contribution in [2.75, 3.05) is 18.0 Å². The SMILES string of the molecule is O=C1NCCN(c2ccnc(Cl)n2)C1c1ccccc1. The number of amides is 1. The highest BCUT2D eigenvalue weighted by molar-refractivity contribution is 6.28. The Morgan fingerprint density at radius 1 is 1.25 bits per heavy atom. The minimum Gasteiger partial charge on any atom is -0.352 e. The number of carbonyl (C=O) groups excluding carboxylic acids is 1. The van der Waals surface area contributed by atoms with Crippen molar-refractivity contribution in [2.24, 2.45) is 0 Å². The predicted molar refractivity (Wildman–Crippen MR) is 76.6 cm³/mol. The van der Waals surface area contributed by atoms with E-state index in [4.69, 9.17) is 11.6 Å². The van der Waals surface area contributed by atoms with Crippen LogP contribution in [-0.4, -0.2) is 29.0 Å². The van der Waals surface area contributed by atoms with Crippen LogP contribution in [0.3, 0.4) is 0 Å². The Labute approximate surface area is 121 Å². The average Bonchev–Trinajstić information content (AvgIpc) is 2.48. The Hall–Kier alpha value is -2.14. The first kappa shape index (κ1) is 12.9. The minimum absolute atomic E-state index is 0.0304. The second-order valence-corrected chi connectivity index (χ2v) is 4.82. The van der Waals surface area contributed by atoms with Gasteiger partial charge in [0.2, 0.25) is 11.2 Å². The summed E-state index contributed by atoms with van der Waals surface area (Å²) >= 11 is 5.84. The summed E-state index contributed by atoms with van der Waals surface area (Å²) in [6.07, 6.45) is 1.60. The summed E-state index contributed by atoms with van der Waals surface area (Å²) in [6.45, 7) is 1.27. The van der Waals surface area contributed by atoms with Crippen LogP contribution in [0.4, 0.5) is 5.82 Å². The van der Waals surface area contributed by atoms with Gasteiger partial charge < -0.3 is 10.2 Å². The molecule has 1 aliphatic rings. The summed E-state index contributed by atoms with van der Waals surface area (Å²) < 4.78 is 0. The van der Waals surface area contributed by atoms with Crippen LogP contribution >= 0.6 is 11.6 Å². The van der Waals surface area contributed by atoms with E-state index in [1.165, 1.54) is 0 Å². The number of halogens is 1. The smallest absolute Gasteiger partial charge is 0.247 e. The van der Waals surface area contributed by atoms with E-state index in [1.807, 2.05) is 35.2 Å². The molecular weight excluding hydrogens is 276 g/mol. The van der Waals surface area contributed by atoms with Gasteiger partial charge in [-0.25, -0.2) is 9.97 Å². The molecule has 1 aromatic heterocycles. The number of nitrogens with zero attached hydrogens (tertiary/aromatic N) is 3. The number of carbonyl (C=O) groups is 1. The van der Waals surface area contributed by atoms with Crippen molar-refractivity contribution in [3.8, 4) is 0 Å². The second-order valence-electron chi connectivity index (χ2n) is 4.48. The fourth-order valence-electron chi connectivity index (χ4n) is 2.37. The maximum absolute atomic E-state index is 12.2. The van der Waals surface area contributed by atoms with E-state index in [0.717, 1.165) is 5.56 Å². The van der Waals surface area contributed by atoms with Crippen LogP contribution in [0.1, 0.15) is 11.6 Å². The Morgan fingerprint density at radius 3 is 2.80 bits per heavy atom. The summed E-state index contributed by atoms with van der Waals surface area (Å²) in [5, 5.41) is 3.07. The summed E-state index contributed by atoms with van der Waals surface area (Å²) in [5.41, 5.74) is 0.930. The first-order valence-corrected chi connectivity index (χ1v) is 6.71. The Kier molecular flexibility index (Phi) is 3.52. The molecule has 20 heavy (non-hydrogen) atoms. The van der Waals surface area contributed by atoms with Gasteiger partial charge in [-0.3, -0.25) is 4.79 Å². The fourth-order valence-corrected chi connectivity index (χ4v) is 2.51. The third-order valence-corrected chi connectivity index (χ3v) is 3.42. The van der Waals surface area contributed by atoms with Crippen LogP contribution in [0.15, 0.2) is 42.6 Å². The molecular formula is C14H13ClN4O. The lowest BCUT2D eigenvalue weighted by molar-refractivity contribution is -0.123. The van der Waals surface area contributed by atoms with Crippen molar-refractivity contribution >= 4 is 23.3 Å². The summed E-state index contributed by atoms with van der Waals surface area (Å²) in [7, 11) is 0.